The molecule has 2 heteroatoms. The molecule has 18 heavy (non-hydrogen) atoms. The first-order valence-electron chi connectivity index (χ1n) is 6.16. The van der Waals surface area contributed by atoms with Gasteiger partial charge < -0.3 is 4.74 Å². The Bertz CT molecular complexity index is 560. The van der Waals surface area contributed by atoms with E-state index in [4.69, 9.17) is 4.74 Å². The number of hydrogen-bond donors (Lipinski definition) is 0. The van der Waals surface area contributed by atoms with Gasteiger partial charge in [0.2, 0.25) is 0 Å². The number of ether oxygens (including phenoxy) is 1. The Morgan fingerprint density at radius 1 is 1.00 bits per heavy atom. The van der Waals surface area contributed by atoms with Crippen molar-refractivity contribution in [2.45, 2.75) is 18.9 Å². The zero-order valence-electron chi connectivity index (χ0n) is 10.0. The van der Waals surface area contributed by atoms with Crippen molar-refractivity contribution in [2.24, 2.45) is 0 Å². The van der Waals surface area contributed by atoms with Crippen molar-refractivity contribution in [3.63, 3.8) is 0 Å². The predicted molar refractivity (Wildman–Crippen MR) is 69.5 cm³/mol. The van der Waals surface area contributed by atoms with Gasteiger partial charge in [0.05, 0.1) is 5.56 Å². The van der Waals surface area contributed by atoms with E-state index in [1.54, 1.807) is 0 Å². The molecule has 0 bridgehead atoms. The molecule has 2 aromatic rings. The Labute approximate surface area is 106 Å². The van der Waals surface area contributed by atoms with Crippen molar-refractivity contribution in [2.75, 3.05) is 0 Å². The van der Waals surface area contributed by atoms with E-state index in [2.05, 4.69) is 12.1 Å². The van der Waals surface area contributed by atoms with Gasteiger partial charge in [0.1, 0.15) is 6.10 Å². The van der Waals surface area contributed by atoms with Crippen LogP contribution in [0.25, 0.3) is 0 Å². The maximum absolute atomic E-state index is 11.9. The first-order valence-corrected chi connectivity index (χ1v) is 6.16. The highest BCUT2D eigenvalue weighted by Crippen LogP contribution is 2.22. The topological polar surface area (TPSA) is 26.3 Å². The summed E-state index contributed by atoms with van der Waals surface area (Å²) in [7, 11) is 0. The van der Waals surface area contributed by atoms with Gasteiger partial charge in [-0.05, 0) is 17.2 Å². The number of benzene rings is 2. The minimum atomic E-state index is -0.196. The third kappa shape index (κ3) is 2.14. The summed E-state index contributed by atoms with van der Waals surface area (Å²) in [6, 6.07) is 17.8. The van der Waals surface area contributed by atoms with Gasteiger partial charge in [-0.25, -0.2) is 4.79 Å². The lowest BCUT2D eigenvalue weighted by atomic mass is 9.95. The average Bonchev–Trinajstić information content (AvgIpc) is 2.40. The summed E-state index contributed by atoms with van der Waals surface area (Å²) < 4.78 is 5.48. The minimum absolute atomic E-state index is 0.0465. The van der Waals surface area contributed by atoms with E-state index in [0.29, 0.717) is 5.56 Å². The van der Waals surface area contributed by atoms with E-state index in [0.717, 1.165) is 18.4 Å². The second kappa shape index (κ2) is 4.65. The minimum Gasteiger partial charge on any atom is -0.458 e. The molecule has 0 aliphatic carbocycles. The van der Waals surface area contributed by atoms with Crippen LogP contribution in [0.4, 0.5) is 0 Å². The van der Waals surface area contributed by atoms with Crippen LogP contribution in [-0.2, 0) is 17.6 Å². The highest BCUT2D eigenvalue weighted by atomic mass is 16.5. The maximum atomic E-state index is 11.9. The lowest BCUT2D eigenvalue weighted by Gasteiger charge is -2.24. The van der Waals surface area contributed by atoms with E-state index in [9.17, 15) is 4.79 Å². The lowest BCUT2D eigenvalue weighted by molar-refractivity contribution is 0.0259. The molecule has 0 radical (unpaired) electrons. The molecule has 3 rings (SSSR count). The highest BCUT2D eigenvalue weighted by molar-refractivity contribution is 5.92. The molecular formula is C16H14O2. The van der Waals surface area contributed by atoms with Crippen LogP contribution in [0.5, 0.6) is 0 Å². The van der Waals surface area contributed by atoms with Crippen LogP contribution in [0.3, 0.4) is 0 Å². The van der Waals surface area contributed by atoms with Crippen molar-refractivity contribution >= 4 is 5.97 Å². The first kappa shape index (κ1) is 11.0. The van der Waals surface area contributed by atoms with Crippen LogP contribution >= 0.6 is 0 Å². The smallest absolute Gasteiger partial charge is 0.338 e. The summed E-state index contributed by atoms with van der Waals surface area (Å²) in [6.45, 7) is 0. The van der Waals surface area contributed by atoms with Gasteiger partial charge in [-0.3, -0.25) is 0 Å². The summed E-state index contributed by atoms with van der Waals surface area (Å²) in [5.41, 5.74) is 3.01. The van der Waals surface area contributed by atoms with E-state index < -0.39 is 0 Å². The van der Waals surface area contributed by atoms with Gasteiger partial charge in [-0.15, -0.1) is 0 Å². The van der Waals surface area contributed by atoms with Crippen molar-refractivity contribution in [3.8, 4) is 0 Å². The molecule has 1 aliphatic heterocycles. The van der Waals surface area contributed by atoms with Gasteiger partial charge >= 0.3 is 5.97 Å². The van der Waals surface area contributed by atoms with Crippen molar-refractivity contribution in [1.82, 2.24) is 0 Å². The van der Waals surface area contributed by atoms with Crippen LogP contribution in [0.1, 0.15) is 21.5 Å². The van der Waals surface area contributed by atoms with Crippen molar-refractivity contribution in [3.05, 3.63) is 71.3 Å². The molecule has 0 spiro atoms. The second-order valence-corrected chi connectivity index (χ2v) is 4.58. The van der Waals surface area contributed by atoms with Gasteiger partial charge in [0.25, 0.3) is 0 Å². The lowest BCUT2D eigenvalue weighted by Crippen LogP contribution is -2.29. The van der Waals surface area contributed by atoms with E-state index in [-0.39, 0.29) is 12.1 Å². The van der Waals surface area contributed by atoms with Crippen LogP contribution in [0.15, 0.2) is 54.6 Å². The fraction of sp³-hybridized carbons (Fsp3) is 0.188. The second-order valence-electron chi connectivity index (χ2n) is 4.58. The quantitative estimate of drug-likeness (QED) is 0.752. The van der Waals surface area contributed by atoms with Gasteiger partial charge in [-0.1, -0.05) is 48.5 Å². The Morgan fingerprint density at radius 3 is 2.56 bits per heavy atom. The average molecular weight is 238 g/mol. The van der Waals surface area contributed by atoms with Gasteiger partial charge in [0.15, 0.2) is 0 Å². The summed E-state index contributed by atoms with van der Waals surface area (Å²) in [5.74, 6) is -0.196. The Hall–Kier alpha value is -2.09. The van der Waals surface area contributed by atoms with Gasteiger partial charge in [0, 0.05) is 12.8 Å². The molecule has 1 aliphatic rings. The number of carbonyl (C=O) groups excluding carboxylic acids is 1. The zero-order chi connectivity index (χ0) is 12.4. The third-order valence-electron chi connectivity index (χ3n) is 3.26. The first-order chi connectivity index (χ1) is 8.83. The van der Waals surface area contributed by atoms with Crippen LogP contribution in [0.2, 0.25) is 0 Å². The zero-order valence-corrected chi connectivity index (χ0v) is 10.0. The predicted octanol–water partition coefficient (Wildman–Crippen LogP) is 3.01. The fourth-order valence-corrected chi connectivity index (χ4v) is 2.39. The van der Waals surface area contributed by atoms with E-state index in [1.165, 1.54) is 5.56 Å². The summed E-state index contributed by atoms with van der Waals surface area (Å²) >= 11 is 0. The molecule has 0 amide bonds. The SMILES string of the molecule is O=C1OC(Cc2ccccc2)Cc2ccccc21. The normalized spacial score (nSPS) is 18.0. The van der Waals surface area contributed by atoms with E-state index in [1.807, 2.05) is 42.5 Å². The monoisotopic (exact) mass is 238 g/mol. The third-order valence-corrected chi connectivity index (χ3v) is 3.26. The summed E-state index contributed by atoms with van der Waals surface area (Å²) in [5, 5.41) is 0. The molecule has 0 saturated carbocycles. The summed E-state index contributed by atoms with van der Waals surface area (Å²) in [4.78, 5) is 11.9. The summed E-state index contributed by atoms with van der Waals surface area (Å²) in [6.07, 6.45) is 1.53. The molecule has 2 nitrogen and oxygen atoms in total. The molecular weight excluding hydrogens is 224 g/mol. The number of rotatable bonds is 2. The molecule has 2 aromatic carbocycles. The van der Waals surface area contributed by atoms with Crippen LogP contribution in [-0.4, -0.2) is 12.1 Å². The number of fused-ring (bicyclic) bond motifs is 1. The molecule has 0 aromatic heterocycles. The standard InChI is InChI=1S/C16H14O2/c17-16-15-9-5-4-8-13(15)11-14(18-16)10-12-6-2-1-3-7-12/h1-9,14H,10-11H2. The Balaban J connectivity index is 1.80. The molecule has 0 fully saturated rings. The largest absolute Gasteiger partial charge is 0.458 e. The molecule has 1 unspecified atom stereocenters. The fourth-order valence-electron chi connectivity index (χ4n) is 2.39. The van der Waals surface area contributed by atoms with Crippen molar-refractivity contribution < 1.29 is 9.53 Å². The van der Waals surface area contributed by atoms with Crippen molar-refractivity contribution in [1.29, 1.82) is 0 Å². The number of carbonyl (C=O) groups is 1. The van der Waals surface area contributed by atoms with Gasteiger partial charge in [-0.2, -0.15) is 0 Å². The number of cyclic esters (lactones) is 1. The molecule has 0 N–H and O–H groups in total. The number of esters is 1. The van der Waals surface area contributed by atoms with E-state index >= 15 is 0 Å². The van der Waals surface area contributed by atoms with Crippen LogP contribution < -0.4 is 0 Å². The Kier molecular flexibility index (Phi) is 2.85. The molecule has 90 valence electrons. The Morgan fingerprint density at radius 2 is 1.72 bits per heavy atom. The number of hydrogen-bond acceptors (Lipinski definition) is 2. The molecule has 1 heterocycles. The van der Waals surface area contributed by atoms with Crippen LogP contribution in [0, 0.1) is 0 Å². The molecule has 1 atom stereocenters. The maximum Gasteiger partial charge on any atom is 0.338 e. The highest BCUT2D eigenvalue weighted by Gasteiger charge is 2.25. The molecule has 0 saturated heterocycles.